The Balaban J connectivity index is 2.12. The maximum atomic E-state index is 12.4. The minimum atomic E-state index is -0.600. The van der Waals surface area contributed by atoms with Gasteiger partial charge in [0.05, 0.1) is 10.9 Å². The van der Waals surface area contributed by atoms with Crippen LogP contribution >= 0.6 is 0 Å². The Morgan fingerprint density at radius 2 is 1.83 bits per heavy atom. The third-order valence-corrected chi connectivity index (χ3v) is 4.29. The van der Waals surface area contributed by atoms with E-state index in [1.165, 1.54) is 6.92 Å². The molecule has 0 saturated carbocycles. The molecule has 1 atom stereocenters. The molecule has 0 bridgehead atoms. The van der Waals surface area contributed by atoms with Gasteiger partial charge in [0.1, 0.15) is 17.1 Å². The highest BCUT2D eigenvalue weighted by molar-refractivity contribution is 5.87. The van der Waals surface area contributed by atoms with E-state index in [0.717, 1.165) is 11.1 Å². The number of ketones is 1. The summed E-state index contributed by atoms with van der Waals surface area (Å²) in [4.78, 5) is 24.4. The number of hydrogen-bond donors (Lipinski definition) is 1. The van der Waals surface area contributed by atoms with Gasteiger partial charge >= 0.3 is 5.63 Å². The number of rotatable bonds is 4. The van der Waals surface area contributed by atoms with Crippen LogP contribution in [0.5, 0.6) is 5.75 Å². The molecule has 3 rings (SSSR count). The van der Waals surface area contributed by atoms with Crippen LogP contribution in [0.25, 0.3) is 11.0 Å². The first-order valence-electron chi connectivity index (χ1n) is 7.78. The zero-order valence-electron chi connectivity index (χ0n) is 13.6. The number of Topliss-reactive ketones (excluding diaryl/α,β-unsaturated/α-hetero) is 1. The van der Waals surface area contributed by atoms with E-state index in [1.54, 1.807) is 12.1 Å². The van der Waals surface area contributed by atoms with Crippen molar-refractivity contribution in [2.45, 2.75) is 26.2 Å². The van der Waals surface area contributed by atoms with E-state index >= 15 is 0 Å². The van der Waals surface area contributed by atoms with Gasteiger partial charge in [-0.1, -0.05) is 42.5 Å². The Hall–Kier alpha value is -2.88. The van der Waals surface area contributed by atoms with Gasteiger partial charge in [-0.15, -0.1) is 0 Å². The minimum absolute atomic E-state index is 0.0654. The molecule has 1 heterocycles. The third-order valence-electron chi connectivity index (χ3n) is 4.29. The average Bonchev–Trinajstić information content (AvgIpc) is 2.56. The van der Waals surface area contributed by atoms with Crippen LogP contribution in [0, 0.1) is 6.92 Å². The van der Waals surface area contributed by atoms with Crippen LogP contribution in [0.3, 0.4) is 0 Å². The summed E-state index contributed by atoms with van der Waals surface area (Å²) in [5.74, 6) is -0.668. The summed E-state index contributed by atoms with van der Waals surface area (Å²) in [5, 5.41) is 11.0. The highest BCUT2D eigenvalue weighted by atomic mass is 16.4. The molecule has 4 heteroatoms. The Morgan fingerprint density at radius 3 is 2.50 bits per heavy atom. The van der Waals surface area contributed by atoms with Crippen LogP contribution in [0.1, 0.15) is 29.5 Å². The Bertz CT molecular complexity index is 955. The number of aromatic hydroxyl groups is 1. The first-order chi connectivity index (χ1) is 11.5. The van der Waals surface area contributed by atoms with Crippen LogP contribution < -0.4 is 5.63 Å². The first kappa shape index (κ1) is 16.0. The molecule has 0 aliphatic rings. The molecule has 1 aromatic heterocycles. The SMILES string of the molecule is CC(=O)C(Cc1c(O)c2cccc(C)c2oc1=O)c1ccccc1. The van der Waals surface area contributed by atoms with Crippen LogP contribution in [0.15, 0.2) is 57.7 Å². The van der Waals surface area contributed by atoms with Gasteiger partial charge in [0.2, 0.25) is 0 Å². The maximum absolute atomic E-state index is 12.4. The molecule has 4 nitrogen and oxygen atoms in total. The van der Waals surface area contributed by atoms with E-state index in [0.29, 0.717) is 11.0 Å². The largest absolute Gasteiger partial charge is 0.507 e. The molecule has 1 unspecified atom stereocenters. The summed E-state index contributed by atoms with van der Waals surface area (Å²) in [6.07, 6.45) is 0.109. The number of benzene rings is 2. The predicted molar refractivity (Wildman–Crippen MR) is 92.5 cm³/mol. The van der Waals surface area contributed by atoms with Crippen molar-refractivity contribution in [3.8, 4) is 5.75 Å². The summed E-state index contributed by atoms with van der Waals surface area (Å²) < 4.78 is 5.39. The van der Waals surface area contributed by atoms with E-state index in [4.69, 9.17) is 4.42 Å². The van der Waals surface area contributed by atoms with Crippen molar-refractivity contribution in [2.24, 2.45) is 0 Å². The normalized spacial score (nSPS) is 12.2. The van der Waals surface area contributed by atoms with Gasteiger partial charge < -0.3 is 9.52 Å². The van der Waals surface area contributed by atoms with Crippen molar-refractivity contribution >= 4 is 16.8 Å². The monoisotopic (exact) mass is 322 g/mol. The van der Waals surface area contributed by atoms with Gasteiger partial charge in [-0.2, -0.15) is 0 Å². The number of aryl methyl sites for hydroxylation is 1. The van der Waals surface area contributed by atoms with E-state index < -0.39 is 11.5 Å². The van der Waals surface area contributed by atoms with Crippen molar-refractivity contribution in [1.29, 1.82) is 0 Å². The van der Waals surface area contributed by atoms with Crippen LogP contribution in [-0.4, -0.2) is 10.9 Å². The van der Waals surface area contributed by atoms with Gasteiger partial charge in [0.25, 0.3) is 0 Å². The summed E-state index contributed by atoms with van der Waals surface area (Å²) in [6.45, 7) is 3.30. The molecule has 24 heavy (non-hydrogen) atoms. The lowest BCUT2D eigenvalue weighted by atomic mass is 9.89. The standard InChI is InChI=1S/C20H18O4/c1-12-7-6-10-15-18(22)17(20(23)24-19(12)15)11-16(13(2)21)14-8-4-3-5-9-14/h3-10,16,22H,11H2,1-2H3. The van der Waals surface area contributed by atoms with E-state index in [9.17, 15) is 14.7 Å². The molecule has 122 valence electrons. The molecule has 0 saturated heterocycles. The van der Waals surface area contributed by atoms with Crippen molar-refractivity contribution in [3.05, 3.63) is 75.6 Å². The summed E-state index contributed by atoms with van der Waals surface area (Å²) in [5.41, 5.74) is 1.50. The van der Waals surface area contributed by atoms with Crippen molar-refractivity contribution < 1.29 is 14.3 Å². The Labute approximate surface area is 139 Å². The lowest BCUT2D eigenvalue weighted by Gasteiger charge is -2.15. The zero-order chi connectivity index (χ0) is 17.3. The number of carbonyl (C=O) groups is 1. The second kappa shape index (κ2) is 6.32. The smallest absolute Gasteiger partial charge is 0.343 e. The lowest BCUT2D eigenvalue weighted by molar-refractivity contribution is -0.118. The van der Waals surface area contributed by atoms with Gasteiger partial charge in [0.15, 0.2) is 0 Å². The van der Waals surface area contributed by atoms with Crippen molar-refractivity contribution in [2.75, 3.05) is 0 Å². The van der Waals surface area contributed by atoms with Crippen LogP contribution in [0.2, 0.25) is 0 Å². The molecule has 0 amide bonds. The molecule has 0 fully saturated rings. The van der Waals surface area contributed by atoms with Crippen molar-refractivity contribution in [3.63, 3.8) is 0 Å². The van der Waals surface area contributed by atoms with Gasteiger partial charge in [-0.3, -0.25) is 4.79 Å². The second-order valence-corrected chi connectivity index (χ2v) is 5.95. The number of hydrogen-bond acceptors (Lipinski definition) is 4. The summed E-state index contributed by atoms with van der Waals surface area (Å²) in [6, 6.07) is 14.6. The molecule has 0 radical (unpaired) electrons. The zero-order valence-corrected chi connectivity index (χ0v) is 13.6. The Kier molecular flexibility index (Phi) is 4.21. The predicted octanol–water partition coefficient (Wildman–Crippen LogP) is 3.72. The van der Waals surface area contributed by atoms with Crippen LogP contribution in [-0.2, 0) is 11.2 Å². The molecule has 1 N–H and O–H groups in total. The fourth-order valence-electron chi connectivity index (χ4n) is 2.95. The number of fused-ring (bicyclic) bond motifs is 1. The highest BCUT2D eigenvalue weighted by Gasteiger charge is 2.23. The topological polar surface area (TPSA) is 67.5 Å². The molecule has 3 aromatic rings. The fourth-order valence-corrected chi connectivity index (χ4v) is 2.95. The van der Waals surface area contributed by atoms with Gasteiger partial charge in [0, 0.05) is 5.92 Å². The third kappa shape index (κ3) is 2.83. The fraction of sp³-hybridized carbons (Fsp3) is 0.200. The molecule has 0 aliphatic carbocycles. The second-order valence-electron chi connectivity index (χ2n) is 5.95. The van der Waals surface area contributed by atoms with Gasteiger partial charge in [-0.25, -0.2) is 4.79 Å². The summed E-state index contributed by atoms with van der Waals surface area (Å²) >= 11 is 0. The highest BCUT2D eigenvalue weighted by Crippen LogP contribution is 2.31. The average molecular weight is 322 g/mol. The quantitative estimate of drug-likeness (QED) is 0.743. The Morgan fingerprint density at radius 1 is 1.12 bits per heavy atom. The molecule has 2 aromatic carbocycles. The van der Waals surface area contributed by atoms with E-state index in [-0.39, 0.29) is 23.5 Å². The van der Waals surface area contributed by atoms with Gasteiger partial charge in [-0.05, 0) is 37.5 Å². The first-order valence-corrected chi connectivity index (χ1v) is 7.78. The molecule has 0 spiro atoms. The minimum Gasteiger partial charge on any atom is -0.507 e. The van der Waals surface area contributed by atoms with E-state index in [2.05, 4.69) is 0 Å². The van der Waals surface area contributed by atoms with E-state index in [1.807, 2.05) is 43.3 Å². The maximum Gasteiger partial charge on any atom is 0.343 e. The van der Waals surface area contributed by atoms with Crippen LogP contribution in [0.4, 0.5) is 0 Å². The molecular formula is C20H18O4. The number of carbonyl (C=O) groups excluding carboxylic acids is 1. The molecule has 0 aliphatic heterocycles. The number of para-hydroxylation sites is 1. The lowest BCUT2D eigenvalue weighted by Crippen LogP contribution is -2.17. The summed E-state index contributed by atoms with van der Waals surface area (Å²) in [7, 11) is 0. The van der Waals surface area contributed by atoms with Crippen molar-refractivity contribution in [1.82, 2.24) is 0 Å². The molecular weight excluding hydrogens is 304 g/mol.